The van der Waals surface area contributed by atoms with Gasteiger partial charge >= 0.3 is 0 Å². The first-order valence-electron chi connectivity index (χ1n) is 10.0. The Bertz CT molecular complexity index is 979. The van der Waals surface area contributed by atoms with Gasteiger partial charge in [0.2, 0.25) is 0 Å². The van der Waals surface area contributed by atoms with Crippen LogP contribution in [0, 0.1) is 6.92 Å². The fraction of sp³-hybridized carbons (Fsp3) is 0.409. The summed E-state index contributed by atoms with van der Waals surface area (Å²) in [6, 6.07) is 5.93. The Labute approximate surface area is 164 Å². The molecule has 0 radical (unpaired) electrons. The molecule has 1 aliphatic carbocycles. The summed E-state index contributed by atoms with van der Waals surface area (Å²) in [7, 11) is 0. The van der Waals surface area contributed by atoms with E-state index < -0.39 is 0 Å². The van der Waals surface area contributed by atoms with Crippen molar-refractivity contribution in [2.24, 2.45) is 0 Å². The van der Waals surface area contributed by atoms with E-state index in [4.69, 9.17) is 4.42 Å². The molecule has 3 aromatic heterocycles. The third-order valence-electron chi connectivity index (χ3n) is 5.91. The molecule has 3 aromatic rings. The summed E-state index contributed by atoms with van der Waals surface area (Å²) >= 11 is 0. The summed E-state index contributed by atoms with van der Waals surface area (Å²) in [5.41, 5.74) is 4.20. The van der Waals surface area contributed by atoms with Crippen LogP contribution in [0.5, 0.6) is 0 Å². The van der Waals surface area contributed by atoms with Crippen molar-refractivity contribution >= 4 is 5.91 Å². The molecule has 5 rings (SSSR count). The molecule has 6 heteroatoms. The number of rotatable bonds is 4. The lowest BCUT2D eigenvalue weighted by Crippen LogP contribution is -2.38. The SMILES string of the molecule is Cc1cc(C(=O)N2CCC(c3[nH]ncc3-c3ccncc3)CC2)c(C2CC2)o1. The van der Waals surface area contributed by atoms with Crippen LogP contribution in [0.4, 0.5) is 0 Å². The van der Waals surface area contributed by atoms with E-state index in [1.54, 1.807) is 12.4 Å². The lowest BCUT2D eigenvalue weighted by atomic mass is 9.89. The van der Waals surface area contributed by atoms with E-state index in [0.29, 0.717) is 11.8 Å². The van der Waals surface area contributed by atoms with Gasteiger partial charge in [-0.05, 0) is 56.4 Å². The van der Waals surface area contributed by atoms with Crippen LogP contribution >= 0.6 is 0 Å². The van der Waals surface area contributed by atoms with Crippen molar-refractivity contribution in [1.29, 1.82) is 0 Å². The van der Waals surface area contributed by atoms with Crippen molar-refractivity contribution in [2.75, 3.05) is 13.1 Å². The molecule has 1 aliphatic heterocycles. The number of aromatic amines is 1. The molecule has 0 aromatic carbocycles. The quantitative estimate of drug-likeness (QED) is 0.738. The molecule has 0 bridgehead atoms. The number of amides is 1. The fourth-order valence-electron chi connectivity index (χ4n) is 4.26. The van der Waals surface area contributed by atoms with Gasteiger partial charge in [-0.1, -0.05) is 0 Å². The van der Waals surface area contributed by atoms with Crippen molar-refractivity contribution < 1.29 is 9.21 Å². The summed E-state index contributed by atoms with van der Waals surface area (Å²) in [6.07, 6.45) is 9.62. The van der Waals surface area contributed by atoms with Gasteiger partial charge in [-0.3, -0.25) is 14.9 Å². The Morgan fingerprint density at radius 1 is 1.14 bits per heavy atom. The van der Waals surface area contributed by atoms with Crippen molar-refractivity contribution in [3.05, 3.63) is 59.6 Å². The summed E-state index contributed by atoms with van der Waals surface area (Å²) in [5, 5.41) is 7.47. The number of carbonyl (C=O) groups is 1. The van der Waals surface area contributed by atoms with Gasteiger partial charge < -0.3 is 9.32 Å². The van der Waals surface area contributed by atoms with Crippen LogP contribution in [0.1, 0.15) is 65.1 Å². The number of hydrogen-bond donors (Lipinski definition) is 1. The minimum Gasteiger partial charge on any atom is -0.465 e. The molecule has 1 saturated carbocycles. The monoisotopic (exact) mass is 376 g/mol. The highest BCUT2D eigenvalue weighted by Crippen LogP contribution is 2.43. The maximum Gasteiger partial charge on any atom is 0.257 e. The standard InChI is InChI=1S/C22H24N4O2/c1-14-12-18(21(28-14)17-2-3-17)22(27)26-10-6-16(7-11-26)20-19(13-24-25-20)15-4-8-23-9-5-15/h4-5,8-9,12-13,16-17H,2-3,6-7,10-11H2,1H3,(H,24,25). The molecule has 1 saturated heterocycles. The molecule has 28 heavy (non-hydrogen) atoms. The number of pyridine rings is 1. The zero-order valence-corrected chi connectivity index (χ0v) is 16.0. The van der Waals surface area contributed by atoms with E-state index in [1.165, 1.54) is 0 Å². The van der Waals surface area contributed by atoms with Gasteiger partial charge in [0.15, 0.2) is 0 Å². The Morgan fingerprint density at radius 2 is 1.89 bits per heavy atom. The predicted octanol–water partition coefficient (Wildman–Crippen LogP) is 4.27. The number of nitrogens with one attached hydrogen (secondary N) is 1. The van der Waals surface area contributed by atoms with Crippen LogP contribution in [-0.2, 0) is 0 Å². The average Bonchev–Trinajstić information content (AvgIpc) is 3.33. The lowest BCUT2D eigenvalue weighted by molar-refractivity contribution is 0.0710. The van der Waals surface area contributed by atoms with Crippen molar-refractivity contribution in [3.8, 4) is 11.1 Å². The van der Waals surface area contributed by atoms with Crippen molar-refractivity contribution in [2.45, 2.75) is 44.4 Å². The second-order valence-electron chi connectivity index (χ2n) is 7.91. The second kappa shape index (κ2) is 6.93. The number of piperidine rings is 1. The highest BCUT2D eigenvalue weighted by molar-refractivity contribution is 5.95. The van der Waals surface area contributed by atoms with Gasteiger partial charge in [0.1, 0.15) is 11.5 Å². The number of nitrogens with zero attached hydrogens (tertiary/aromatic N) is 3. The topological polar surface area (TPSA) is 75.0 Å². The minimum atomic E-state index is 0.121. The van der Waals surface area contributed by atoms with Gasteiger partial charge in [0.25, 0.3) is 5.91 Å². The smallest absolute Gasteiger partial charge is 0.257 e. The van der Waals surface area contributed by atoms with Crippen LogP contribution in [0.2, 0.25) is 0 Å². The van der Waals surface area contributed by atoms with Gasteiger partial charge in [0, 0.05) is 48.6 Å². The number of likely N-dealkylation sites (tertiary alicyclic amines) is 1. The van der Waals surface area contributed by atoms with Crippen LogP contribution < -0.4 is 0 Å². The molecule has 2 fully saturated rings. The zero-order valence-electron chi connectivity index (χ0n) is 16.0. The third kappa shape index (κ3) is 3.13. The first-order valence-corrected chi connectivity index (χ1v) is 10.0. The number of furan rings is 1. The lowest BCUT2D eigenvalue weighted by Gasteiger charge is -2.32. The number of hydrogen-bond acceptors (Lipinski definition) is 4. The molecule has 0 unspecified atom stereocenters. The van der Waals surface area contributed by atoms with E-state index in [0.717, 1.165) is 72.7 Å². The van der Waals surface area contributed by atoms with Gasteiger partial charge in [0.05, 0.1) is 11.8 Å². The molecule has 2 aliphatic rings. The average molecular weight is 376 g/mol. The first-order chi connectivity index (χ1) is 13.7. The third-order valence-corrected chi connectivity index (χ3v) is 5.91. The normalized spacial score (nSPS) is 17.8. The molecule has 0 spiro atoms. The van der Waals surface area contributed by atoms with Crippen LogP contribution in [0.25, 0.3) is 11.1 Å². The molecular weight excluding hydrogens is 352 g/mol. The molecule has 1 amide bonds. The fourth-order valence-corrected chi connectivity index (χ4v) is 4.26. The molecule has 144 valence electrons. The Hall–Kier alpha value is -2.89. The van der Waals surface area contributed by atoms with Gasteiger partial charge in [-0.2, -0.15) is 5.10 Å². The molecule has 1 N–H and O–H groups in total. The van der Waals surface area contributed by atoms with E-state index in [9.17, 15) is 4.79 Å². The maximum absolute atomic E-state index is 13.1. The summed E-state index contributed by atoms with van der Waals surface area (Å²) < 4.78 is 5.83. The minimum absolute atomic E-state index is 0.121. The van der Waals surface area contributed by atoms with Crippen molar-refractivity contribution in [1.82, 2.24) is 20.1 Å². The summed E-state index contributed by atoms with van der Waals surface area (Å²) in [5.74, 6) is 2.68. The van der Waals surface area contributed by atoms with Crippen LogP contribution in [0.3, 0.4) is 0 Å². The Morgan fingerprint density at radius 3 is 2.61 bits per heavy atom. The van der Waals surface area contributed by atoms with E-state index in [1.807, 2.05) is 36.2 Å². The molecule has 4 heterocycles. The van der Waals surface area contributed by atoms with E-state index in [-0.39, 0.29) is 5.91 Å². The highest BCUT2D eigenvalue weighted by atomic mass is 16.3. The van der Waals surface area contributed by atoms with Crippen LogP contribution in [-0.4, -0.2) is 39.1 Å². The number of H-pyrrole nitrogens is 1. The first kappa shape index (κ1) is 17.2. The molecule has 0 atom stereocenters. The highest BCUT2D eigenvalue weighted by Gasteiger charge is 2.35. The Kier molecular flexibility index (Phi) is 4.26. The number of aryl methyl sites for hydroxylation is 1. The number of aromatic nitrogens is 3. The van der Waals surface area contributed by atoms with Gasteiger partial charge in [-0.25, -0.2) is 0 Å². The van der Waals surface area contributed by atoms with E-state index >= 15 is 0 Å². The summed E-state index contributed by atoms with van der Waals surface area (Å²) in [6.45, 7) is 3.44. The van der Waals surface area contributed by atoms with Crippen molar-refractivity contribution in [3.63, 3.8) is 0 Å². The Balaban J connectivity index is 1.30. The largest absolute Gasteiger partial charge is 0.465 e. The molecule has 6 nitrogen and oxygen atoms in total. The number of carbonyl (C=O) groups excluding carboxylic acids is 1. The maximum atomic E-state index is 13.1. The van der Waals surface area contributed by atoms with Gasteiger partial charge in [-0.15, -0.1) is 0 Å². The second-order valence-corrected chi connectivity index (χ2v) is 7.91. The van der Waals surface area contributed by atoms with E-state index in [2.05, 4.69) is 15.2 Å². The summed E-state index contributed by atoms with van der Waals surface area (Å²) in [4.78, 5) is 19.2. The zero-order chi connectivity index (χ0) is 19.1. The molecular formula is C22H24N4O2. The van der Waals surface area contributed by atoms with Crippen LogP contribution in [0.15, 0.2) is 41.2 Å². The predicted molar refractivity (Wildman–Crippen MR) is 105 cm³/mol.